The maximum atomic E-state index is 11.7. The molecule has 0 radical (unpaired) electrons. The Morgan fingerprint density at radius 2 is 2.00 bits per heavy atom. The fourth-order valence-electron chi connectivity index (χ4n) is 1.98. The Morgan fingerprint density at radius 1 is 1.25 bits per heavy atom. The molecule has 4 heteroatoms. The summed E-state index contributed by atoms with van der Waals surface area (Å²) in [7, 11) is 0. The number of hydrogen-bond donors (Lipinski definition) is 1. The Bertz CT molecular complexity index is 650. The van der Waals surface area contributed by atoms with Gasteiger partial charge in [0.15, 0.2) is 0 Å². The zero-order valence-corrected chi connectivity index (χ0v) is 8.77. The largest absolute Gasteiger partial charge is 0.328 e. The molecule has 2 aromatic rings. The van der Waals surface area contributed by atoms with Crippen molar-refractivity contribution in [1.29, 1.82) is 0 Å². The Labute approximate surface area is 91.5 Å². The minimum atomic E-state index is -0.298. The predicted octanol–water partition coefficient (Wildman–Crippen LogP) is 1.10. The second kappa shape index (κ2) is 3.33. The maximum Gasteiger partial charge on any atom is 0.328 e. The van der Waals surface area contributed by atoms with Crippen LogP contribution in [0.3, 0.4) is 0 Å². The van der Waals surface area contributed by atoms with Gasteiger partial charge in [0.2, 0.25) is 0 Å². The van der Waals surface area contributed by atoms with Gasteiger partial charge in [-0.2, -0.15) is 0 Å². The summed E-state index contributed by atoms with van der Waals surface area (Å²) in [5.41, 5.74) is 0.145. The number of nitrogens with one attached hydrogen (secondary N) is 1. The van der Waals surface area contributed by atoms with Crippen LogP contribution < -0.4 is 11.2 Å². The molecule has 0 bridgehead atoms. The number of H-pyrrole nitrogens is 1. The number of aromatic nitrogens is 2. The van der Waals surface area contributed by atoms with Gasteiger partial charge in [-0.05, 0) is 30.9 Å². The normalized spacial score (nSPS) is 15.5. The molecule has 0 atom stereocenters. The third kappa shape index (κ3) is 1.46. The SMILES string of the molecule is O=c1[nH]c(=O)n(CC2CC2)c2ccccc12. The van der Waals surface area contributed by atoms with Crippen molar-refractivity contribution in [3.63, 3.8) is 0 Å². The fourth-order valence-corrected chi connectivity index (χ4v) is 1.98. The summed E-state index contributed by atoms with van der Waals surface area (Å²) in [6.07, 6.45) is 2.36. The summed E-state index contributed by atoms with van der Waals surface area (Å²) >= 11 is 0. The van der Waals surface area contributed by atoms with Gasteiger partial charge in [0.1, 0.15) is 0 Å². The minimum Gasteiger partial charge on any atom is -0.293 e. The van der Waals surface area contributed by atoms with Crippen LogP contribution in [0.25, 0.3) is 10.9 Å². The van der Waals surface area contributed by atoms with Crippen LogP contribution >= 0.6 is 0 Å². The van der Waals surface area contributed by atoms with Gasteiger partial charge in [0.25, 0.3) is 5.56 Å². The lowest BCUT2D eigenvalue weighted by atomic mass is 10.2. The zero-order valence-electron chi connectivity index (χ0n) is 8.77. The first-order valence-corrected chi connectivity index (χ1v) is 5.47. The van der Waals surface area contributed by atoms with Crippen LogP contribution in [0, 0.1) is 5.92 Å². The van der Waals surface area contributed by atoms with E-state index in [1.54, 1.807) is 10.6 Å². The summed E-state index contributed by atoms with van der Waals surface area (Å²) in [4.78, 5) is 25.7. The molecule has 0 unspecified atom stereocenters. The molecule has 16 heavy (non-hydrogen) atoms. The molecular formula is C12H12N2O2. The lowest BCUT2D eigenvalue weighted by molar-refractivity contribution is 0.611. The Kier molecular flexibility index (Phi) is 1.96. The number of fused-ring (bicyclic) bond motifs is 1. The first kappa shape index (κ1) is 9.39. The summed E-state index contributed by atoms with van der Waals surface area (Å²) in [6.45, 7) is 0.718. The van der Waals surface area contributed by atoms with E-state index in [2.05, 4.69) is 4.98 Å². The van der Waals surface area contributed by atoms with Gasteiger partial charge in [-0.15, -0.1) is 0 Å². The minimum absolute atomic E-state index is 0.296. The Morgan fingerprint density at radius 3 is 2.75 bits per heavy atom. The predicted molar refractivity (Wildman–Crippen MR) is 61.6 cm³/mol. The number of para-hydroxylation sites is 1. The van der Waals surface area contributed by atoms with Crippen molar-refractivity contribution in [2.24, 2.45) is 5.92 Å². The van der Waals surface area contributed by atoms with E-state index in [0.29, 0.717) is 11.3 Å². The van der Waals surface area contributed by atoms with Crippen molar-refractivity contribution in [3.05, 3.63) is 45.1 Å². The van der Waals surface area contributed by atoms with Crippen molar-refractivity contribution in [1.82, 2.24) is 9.55 Å². The molecule has 1 aliphatic carbocycles. The van der Waals surface area contributed by atoms with E-state index in [4.69, 9.17) is 0 Å². The fraction of sp³-hybridized carbons (Fsp3) is 0.333. The highest BCUT2D eigenvalue weighted by molar-refractivity contribution is 5.77. The summed E-state index contributed by atoms with van der Waals surface area (Å²) in [5.74, 6) is 0.604. The van der Waals surface area contributed by atoms with Crippen molar-refractivity contribution in [3.8, 4) is 0 Å². The number of benzene rings is 1. The van der Waals surface area contributed by atoms with Gasteiger partial charge in [-0.1, -0.05) is 12.1 Å². The van der Waals surface area contributed by atoms with Crippen LogP contribution in [0.5, 0.6) is 0 Å². The standard InChI is InChI=1S/C12H12N2O2/c15-11-9-3-1-2-4-10(9)14(12(16)13-11)7-8-5-6-8/h1-4,8H,5-7H2,(H,13,15,16). The molecule has 1 fully saturated rings. The Balaban J connectivity index is 2.32. The van der Waals surface area contributed by atoms with Crippen LogP contribution in [0.1, 0.15) is 12.8 Å². The smallest absolute Gasteiger partial charge is 0.293 e. The van der Waals surface area contributed by atoms with E-state index in [1.165, 1.54) is 12.8 Å². The summed E-state index contributed by atoms with van der Waals surface area (Å²) < 4.78 is 1.67. The second-order valence-electron chi connectivity index (χ2n) is 4.33. The molecule has 0 spiro atoms. The summed E-state index contributed by atoms with van der Waals surface area (Å²) in [5, 5.41) is 0.586. The number of nitrogens with zero attached hydrogens (tertiary/aromatic N) is 1. The molecular weight excluding hydrogens is 204 g/mol. The van der Waals surface area contributed by atoms with Gasteiger partial charge < -0.3 is 0 Å². The van der Waals surface area contributed by atoms with Crippen LogP contribution in [0.2, 0.25) is 0 Å². The highest BCUT2D eigenvalue weighted by atomic mass is 16.2. The van der Waals surface area contributed by atoms with Crippen LogP contribution in [0.15, 0.2) is 33.9 Å². The Hall–Kier alpha value is -1.84. The van der Waals surface area contributed by atoms with Crippen molar-refractivity contribution in [2.45, 2.75) is 19.4 Å². The van der Waals surface area contributed by atoms with Gasteiger partial charge >= 0.3 is 5.69 Å². The average molecular weight is 216 g/mol. The molecule has 0 aliphatic heterocycles. The van der Waals surface area contributed by atoms with E-state index in [9.17, 15) is 9.59 Å². The lowest BCUT2D eigenvalue weighted by Crippen LogP contribution is -2.30. The molecule has 1 aromatic carbocycles. The van der Waals surface area contributed by atoms with Crippen LogP contribution in [-0.4, -0.2) is 9.55 Å². The quantitative estimate of drug-likeness (QED) is 0.817. The molecule has 1 heterocycles. The van der Waals surface area contributed by atoms with Gasteiger partial charge in [0, 0.05) is 6.54 Å². The number of aromatic amines is 1. The maximum absolute atomic E-state index is 11.7. The first-order chi connectivity index (χ1) is 7.75. The van der Waals surface area contributed by atoms with Gasteiger partial charge in [0.05, 0.1) is 10.9 Å². The number of hydrogen-bond acceptors (Lipinski definition) is 2. The van der Waals surface area contributed by atoms with E-state index < -0.39 is 0 Å². The third-order valence-corrected chi connectivity index (χ3v) is 3.04. The molecule has 1 aliphatic rings. The first-order valence-electron chi connectivity index (χ1n) is 5.47. The molecule has 1 N–H and O–H groups in total. The highest BCUT2D eigenvalue weighted by Crippen LogP contribution is 2.30. The van der Waals surface area contributed by atoms with Crippen molar-refractivity contribution >= 4 is 10.9 Å². The lowest BCUT2D eigenvalue weighted by Gasteiger charge is -2.07. The molecule has 1 aromatic heterocycles. The van der Waals surface area contributed by atoms with Crippen molar-refractivity contribution < 1.29 is 0 Å². The zero-order chi connectivity index (χ0) is 11.1. The van der Waals surface area contributed by atoms with Gasteiger partial charge in [-0.25, -0.2) is 4.79 Å². The third-order valence-electron chi connectivity index (χ3n) is 3.04. The monoisotopic (exact) mass is 216 g/mol. The van der Waals surface area contributed by atoms with E-state index in [1.807, 2.05) is 18.2 Å². The molecule has 82 valence electrons. The van der Waals surface area contributed by atoms with Crippen molar-refractivity contribution in [2.75, 3.05) is 0 Å². The second-order valence-corrected chi connectivity index (χ2v) is 4.33. The number of rotatable bonds is 2. The summed E-state index contributed by atoms with van der Waals surface area (Å²) in [6, 6.07) is 7.24. The van der Waals surface area contributed by atoms with E-state index in [-0.39, 0.29) is 11.2 Å². The highest BCUT2D eigenvalue weighted by Gasteiger charge is 2.23. The van der Waals surface area contributed by atoms with Crippen LogP contribution in [0.4, 0.5) is 0 Å². The molecule has 0 amide bonds. The molecule has 1 saturated carbocycles. The van der Waals surface area contributed by atoms with Gasteiger partial charge in [-0.3, -0.25) is 14.3 Å². The van der Waals surface area contributed by atoms with E-state index >= 15 is 0 Å². The average Bonchev–Trinajstić information content (AvgIpc) is 3.08. The molecule has 3 rings (SSSR count). The topological polar surface area (TPSA) is 54.9 Å². The molecule has 4 nitrogen and oxygen atoms in total. The van der Waals surface area contributed by atoms with Crippen LogP contribution in [-0.2, 0) is 6.54 Å². The molecule has 0 saturated heterocycles. The van der Waals surface area contributed by atoms with E-state index in [0.717, 1.165) is 12.1 Å².